The van der Waals surface area contributed by atoms with Crippen LogP contribution in [0, 0.1) is 5.95 Å². The van der Waals surface area contributed by atoms with E-state index in [1.807, 2.05) is 0 Å². The van der Waals surface area contributed by atoms with Gasteiger partial charge in [-0.05, 0) is 24.3 Å². The average Bonchev–Trinajstić information content (AvgIpc) is 2.32. The van der Waals surface area contributed by atoms with E-state index < -0.39 is 5.95 Å². The molecule has 0 aliphatic carbocycles. The van der Waals surface area contributed by atoms with E-state index in [9.17, 15) is 14.3 Å². The van der Waals surface area contributed by atoms with Crippen molar-refractivity contribution in [3.8, 4) is 17.4 Å². The number of ether oxygens (including phenoxy) is 1. The third-order valence-electron chi connectivity index (χ3n) is 2.02. The molecule has 0 saturated carbocycles. The standard InChI is InChI=1S/C12H8FNO3/c13-11-2-1-3-12(14-11)17-10-5-4-8(7-15)6-9(10)16/h1-7,16H. The minimum Gasteiger partial charge on any atom is -0.504 e. The number of hydrogen-bond donors (Lipinski definition) is 1. The number of phenols is 1. The first-order valence-electron chi connectivity index (χ1n) is 4.77. The SMILES string of the molecule is O=Cc1ccc(Oc2cccc(F)n2)c(O)c1. The zero-order valence-corrected chi connectivity index (χ0v) is 8.63. The second-order valence-corrected chi connectivity index (χ2v) is 3.25. The van der Waals surface area contributed by atoms with E-state index in [-0.39, 0.29) is 17.4 Å². The van der Waals surface area contributed by atoms with Gasteiger partial charge in [-0.15, -0.1) is 0 Å². The highest BCUT2D eigenvalue weighted by molar-refractivity contribution is 5.76. The molecule has 0 aliphatic heterocycles. The number of pyridine rings is 1. The molecule has 0 spiro atoms. The maximum Gasteiger partial charge on any atom is 0.222 e. The molecule has 2 rings (SSSR count). The van der Waals surface area contributed by atoms with Crippen LogP contribution in [0.3, 0.4) is 0 Å². The summed E-state index contributed by atoms with van der Waals surface area (Å²) in [5.41, 5.74) is 0.321. The second-order valence-electron chi connectivity index (χ2n) is 3.25. The first-order chi connectivity index (χ1) is 8.19. The molecule has 2 aromatic rings. The summed E-state index contributed by atoms with van der Waals surface area (Å²) in [5.74, 6) is -0.750. The minimum atomic E-state index is -0.675. The molecule has 0 bridgehead atoms. The fraction of sp³-hybridized carbons (Fsp3) is 0. The van der Waals surface area contributed by atoms with Gasteiger partial charge >= 0.3 is 0 Å². The van der Waals surface area contributed by atoms with Crippen molar-refractivity contribution in [1.29, 1.82) is 0 Å². The lowest BCUT2D eigenvalue weighted by Gasteiger charge is -2.06. The van der Waals surface area contributed by atoms with Gasteiger partial charge in [0.1, 0.15) is 6.29 Å². The van der Waals surface area contributed by atoms with Gasteiger partial charge in [0.25, 0.3) is 0 Å². The van der Waals surface area contributed by atoms with Gasteiger partial charge in [-0.3, -0.25) is 4.79 Å². The minimum absolute atomic E-state index is 0.0270. The number of carbonyl (C=O) groups excluding carboxylic acids is 1. The molecule has 86 valence electrons. The fourth-order valence-electron chi connectivity index (χ4n) is 1.25. The number of benzene rings is 1. The lowest BCUT2D eigenvalue weighted by Crippen LogP contribution is -1.91. The van der Waals surface area contributed by atoms with Crippen molar-refractivity contribution in [3.05, 3.63) is 47.9 Å². The molecule has 1 aromatic carbocycles. The van der Waals surface area contributed by atoms with Crippen LogP contribution in [-0.2, 0) is 0 Å². The van der Waals surface area contributed by atoms with E-state index in [0.29, 0.717) is 11.8 Å². The van der Waals surface area contributed by atoms with Crippen molar-refractivity contribution >= 4 is 6.29 Å². The Hall–Kier alpha value is -2.43. The van der Waals surface area contributed by atoms with Crippen LogP contribution in [0.5, 0.6) is 17.4 Å². The molecule has 1 N–H and O–H groups in total. The van der Waals surface area contributed by atoms with Crippen molar-refractivity contribution in [2.75, 3.05) is 0 Å². The monoisotopic (exact) mass is 233 g/mol. The molecule has 0 aliphatic rings. The number of phenolic OH excluding ortho intramolecular Hbond substituents is 1. The zero-order valence-electron chi connectivity index (χ0n) is 8.63. The Kier molecular flexibility index (Phi) is 3.00. The van der Waals surface area contributed by atoms with Crippen LogP contribution in [0.25, 0.3) is 0 Å². The molecule has 17 heavy (non-hydrogen) atoms. The predicted molar refractivity (Wildman–Crippen MR) is 57.8 cm³/mol. The summed E-state index contributed by atoms with van der Waals surface area (Å²) in [5, 5.41) is 9.55. The van der Waals surface area contributed by atoms with Crippen molar-refractivity contribution in [2.24, 2.45) is 0 Å². The molecular weight excluding hydrogens is 225 g/mol. The first kappa shape index (κ1) is 11.1. The van der Waals surface area contributed by atoms with Gasteiger partial charge in [-0.25, -0.2) is 0 Å². The van der Waals surface area contributed by atoms with Gasteiger partial charge in [-0.1, -0.05) is 6.07 Å². The summed E-state index contributed by atoms with van der Waals surface area (Å²) in [6, 6.07) is 8.21. The Labute approximate surface area is 96.3 Å². The number of carbonyl (C=O) groups is 1. The lowest BCUT2D eigenvalue weighted by atomic mass is 10.2. The number of aldehydes is 1. The quantitative estimate of drug-likeness (QED) is 0.653. The molecule has 0 fully saturated rings. The molecule has 0 amide bonds. The van der Waals surface area contributed by atoms with Gasteiger partial charge in [-0.2, -0.15) is 9.37 Å². The maximum atomic E-state index is 12.8. The van der Waals surface area contributed by atoms with E-state index in [0.717, 1.165) is 0 Å². The van der Waals surface area contributed by atoms with Crippen LogP contribution in [-0.4, -0.2) is 16.4 Å². The summed E-state index contributed by atoms with van der Waals surface area (Å²) in [7, 11) is 0. The van der Waals surface area contributed by atoms with Crippen LogP contribution < -0.4 is 4.74 Å². The molecular formula is C12H8FNO3. The number of nitrogens with zero attached hydrogens (tertiary/aromatic N) is 1. The Morgan fingerprint density at radius 1 is 1.29 bits per heavy atom. The van der Waals surface area contributed by atoms with Gasteiger partial charge in [0, 0.05) is 11.6 Å². The van der Waals surface area contributed by atoms with E-state index in [1.54, 1.807) is 0 Å². The highest BCUT2D eigenvalue weighted by Gasteiger charge is 2.06. The lowest BCUT2D eigenvalue weighted by molar-refractivity contribution is 0.112. The molecule has 0 radical (unpaired) electrons. The highest BCUT2D eigenvalue weighted by atomic mass is 19.1. The zero-order chi connectivity index (χ0) is 12.3. The van der Waals surface area contributed by atoms with E-state index in [2.05, 4.69) is 4.98 Å². The summed E-state index contributed by atoms with van der Waals surface area (Å²) in [4.78, 5) is 13.9. The summed E-state index contributed by atoms with van der Waals surface area (Å²) in [6.07, 6.45) is 0.601. The number of aromatic nitrogens is 1. The third kappa shape index (κ3) is 2.57. The van der Waals surface area contributed by atoms with Crippen molar-refractivity contribution in [3.63, 3.8) is 0 Å². The Balaban J connectivity index is 2.27. The van der Waals surface area contributed by atoms with Gasteiger partial charge in [0.05, 0.1) is 0 Å². The Morgan fingerprint density at radius 2 is 2.12 bits per heavy atom. The van der Waals surface area contributed by atoms with E-state index in [1.165, 1.54) is 36.4 Å². The van der Waals surface area contributed by atoms with Gasteiger partial charge < -0.3 is 9.84 Å². The topological polar surface area (TPSA) is 59.4 Å². The van der Waals surface area contributed by atoms with E-state index in [4.69, 9.17) is 4.74 Å². The highest BCUT2D eigenvalue weighted by Crippen LogP contribution is 2.30. The molecule has 0 saturated heterocycles. The molecule has 5 heteroatoms. The normalized spacial score (nSPS) is 9.94. The average molecular weight is 233 g/mol. The van der Waals surface area contributed by atoms with Crippen molar-refractivity contribution in [2.45, 2.75) is 0 Å². The van der Waals surface area contributed by atoms with Crippen molar-refractivity contribution in [1.82, 2.24) is 4.98 Å². The summed E-state index contributed by atoms with van der Waals surface area (Å²) < 4.78 is 18.0. The number of halogens is 1. The first-order valence-corrected chi connectivity index (χ1v) is 4.77. The van der Waals surface area contributed by atoms with Crippen LogP contribution in [0.4, 0.5) is 4.39 Å². The Morgan fingerprint density at radius 3 is 2.76 bits per heavy atom. The van der Waals surface area contributed by atoms with E-state index >= 15 is 0 Å². The van der Waals surface area contributed by atoms with Crippen LogP contribution in [0.2, 0.25) is 0 Å². The molecule has 0 atom stereocenters. The number of hydrogen-bond acceptors (Lipinski definition) is 4. The largest absolute Gasteiger partial charge is 0.504 e. The number of aromatic hydroxyl groups is 1. The second kappa shape index (κ2) is 4.61. The smallest absolute Gasteiger partial charge is 0.222 e. The summed E-state index contributed by atoms with van der Waals surface area (Å²) in [6.45, 7) is 0. The summed E-state index contributed by atoms with van der Waals surface area (Å²) >= 11 is 0. The molecule has 1 heterocycles. The molecule has 1 aromatic heterocycles. The van der Waals surface area contributed by atoms with Crippen LogP contribution in [0.15, 0.2) is 36.4 Å². The maximum absolute atomic E-state index is 12.8. The molecule has 4 nitrogen and oxygen atoms in total. The van der Waals surface area contributed by atoms with Gasteiger partial charge in [0.15, 0.2) is 11.5 Å². The Bertz CT molecular complexity index is 557. The fourth-order valence-corrected chi connectivity index (χ4v) is 1.25. The number of rotatable bonds is 3. The van der Waals surface area contributed by atoms with Gasteiger partial charge in [0.2, 0.25) is 11.8 Å². The van der Waals surface area contributed by atoms with Crippen LogP contribution in [0.1, 0.15) is 10.4 Å². The predicted octanol–water partition coefficient (Wildman–Crippen LogP) is 2.53. The molecule has 0 unspecified atom stereocenters. The van der Waals surface area contributed by atoms with Crippen molar-refractivity contribution < 1.29 is 19.0 Å². The van der Waals surface area contributed by atoms with Crippen LogP contribution >= 0.6 is 0 Å². The third-order valence-corrected chi connectivity index (χ3v) is 2.02.